The Morgan fingerprint density at radius 2 is 1.60 bits per heavy atom. The molecule has 6 aliphatic carbocycles. The number of amides is 1. The highest BCUT2D eigenvalue weighted by Crippen LogP contribution is 2.76. The van der Waals surface area contributed by atoms with Gasteiger partial charge in [0.05, 0.1) is 11.5 Å². The summed E-state index contributed by atoms with van der Waals surface area (Å²) >= 11 is 0. The van der Waals surface area contributed by atoms with Crippen molar-refractivity contribution in [1.29, 1.82) is 0 Å². The molecule has 1 heterocycles. The fourth-order valence-corrected chi connectivity index (χ4v) is 14.4. The Morgan fingerprint density at radius 1 is 0.854 bits per heavy atom. The van der Waals surface area contributed by atoms with Crippen LogP contribution in [-0.4, -0.2) is 57.8 Å². The zero-order valence-corrected chi connectivity index (χ0v) is 31.1. The number of piperidine rings is 1. The molecule has 7 aliphatic rings. The highest BCUT2D eigenvalue weighted by Gasteiger charge is 2.69. The van der Waals surface area contributed by atoms with Gasteiger partial charge in [0.15, 0.2) is 0 Å². The van der Waals surface area contributed by atoms with E-state index in [9.17, 15) is 19.8 Å². The van der Waals surface area contributed by atoms with E-state index in [1.54, 1.807) is 6.92 Å². The predicted octanol–water partition coefficient (Wildman–Crippen LogP) is 8.29. The van der Waals surface area contributed by atoms with Gasteiger partial charge in [0.25, 0.3) is 0 Å². The molecule has 0 aromatic rings. The SMILES string of the molecule is CC(=O)N1CCC(O)(CCNC23CCCC2C2CCC4C5(C)CC=C(C6=CCC(C(=O)O)CC6)C(C)(C)C5CCC4(C)[C@]2(C)CC3)CC1. The van der Waals surface area contributed by atoms with Crippen LogP contribution in [0.15, 0.2) is 23.3 Å². The number of aliphatic carboxylic acids is 1. The lowest BCUT2D eigenvalue weighted by Crippen LogP contribution is -2.67. The number of aliphatic hydroxyl groups is 1. The Morgan fingerprint density at radius 3 is 2.27 bits per heavy atom. The number of rotatable bonds is 6. The van der Waals surface area contributed by atoms with Crippen molar-refractivity contribution in [3.05, 3.63) is 23.3 Å². The van der Waals surface area contributed by atoms with Crippen molar-refractivity contribution in [1.82, 2.24) is 10.2 Å². The maximum absolute atomic E-state index is 11.8. The molecule has 0 spiro atoms. The van der Waals surface area contributed by atoms with Gasteiger partial charge >= 0.3 is 5.97 Å². The molecule has 7 rings (SSSR count). The summed E-state index contributed by atoms with van der Waals surface area (Å²) in [5.74, 6) is 2.16. The fraction of sp³-hybridized carbons (Fsp3) is 0.857. The van der Waals surface area contributed by atoms with E-state index in [1.165, 1.54) is 75.4 Å². The molecule has 0 radical (unpaired) electrons. The van der Waals surface area contributed by atoms with Gasteiger partial charge in [0.2, 0.25) is 5.91 Å². The van der Waals surface area contributed by atoms with Gasteiger partial charge in [0.1, 0.15) is 0 Å². The molecule has 8 unspecified atom stereocenters. The number of nitrogens with zero attached hydrogens (tertiary/aromatic N) is 1. The Labute approximate surface area is 291 Å². The number of carbonyl (C=O) groups is 2. The summed E-state index contributed by atoms with van der Waals surface area (Å²) in [7, 11) is 0. The molecule has 9 atom stereocenters. The topological polar surface area (TPSA) is 89.9 Å². The van der Waals surface area contributed by atoms with Crippen LogP contribution in [-0.2, 0) is 9.59 Å². The third kappa shape index (κ3) is 5.22. The van der Waals surface area contributed by atoms with E-state index < -0.39 is 11.6 Å². The minimum Gasteiger partial charge on any atom is -0.481 e. The molecule has 0 bridgehead atoms. The summed E-state index contributed by atoms with van der Waals surface area (Å²) in [6, 6.07) is 0. The number of hydrogen-bond donors (Lipinski definition) is 3. The van der Waals surface area contributed by atoms with Gasteiger partial charge in [-0.3, -0.25) is 9.59 Å². The molecule has 0 aromatic heterocycles. The summed E-state index contributed by atoms with van der Waals surface area (Å²) in [5, 5.41) is 25.1. The zero-order chi connectivity index (χ0) is 34.3. The van der Waals surface area contributed by atoms with E-state index in [0.29, 0.717) is 54.5 Å². The van der Waals surface area contributed by atoms with Crippen LogP contribution in [0.1, 0.15) is 144 Å². The van der Waals surface area contributed by atoms with Crippen molar-refractivity contribution < 1.29 is 19.8 Å². The van der Waals surface area contributed by atoms with Crippen molar-refractivity contribution in [3.63, 3.8) is 0 Å². The van der Waals surface area contributed by atoms with E-state index in [4.69, 9.17) is 0 Å². The number of nitrogens with one attached hydrogen (secondary N) is 1. The summed E-state index contributed by atoms with van der Waals surface area (Å²) in [6.45, 7) is 17.0. The van der Waals surface area contributed by atoms with Crippen molar-refractivity contribution >= 4 is 11.9 Å². The Kier molecular flexibility index (Phi) is 8.66. The quantitative estimate of drug-likeness (QED) is 0.266. The molecule has 5 fully saturated rings. The Balaban J connectivity index is 1.07. The summed E-state index contributed by atoms with van der Waals surface area (Å²) < 4.78 is 0. The maximum atomic E-state index is 11.8. The molecule has 1 amide bonds. The van der Waals surface area contributed by atoms with Crippen LogP contribution in [0.4, 0.5) is 0 Å². The zero-order valence-electron chi connectivity index (χ0n) is 31.1. The van der Waals surface area contributed by atoms with Crippen LogP contribution in [0.3, 0.4) is 0 Å². The third-order valence-corrected chi connectivity index (χ3v) is 17.3. The fourth-order valence-electron chi connectivity index (χ4n) is 14.4. The molecular formula is C42H66N2O4. The number of carboxylic acids is 1. The molecule has 3 N–H and O–H groups in total. The molecule has 0 aromatic carbocycles. The van der Waals surface area contributed by atoms with E-state index >= 15 is 0 Å². The van der Waals surface area contributed by atoms with E-state index in [1.807, 2.05) is 4.90 Å². The highest BCUT2D eigenvalue weighted by molar-refractivity contribution is 5.73. The molecule has 48 heavy (non-hydrogen) atoms. The summed E-state index contributed by atoms with van der Waals surface area (Å²) in [4.78, 5) is 25.4. The smallest absolute Gasteiger partial charge is 0.306 e. The minimum absolute atomic E-state index is 0.109. The van der Waals surface area contributed by atoms with E-state index in [0.717, 1.165) is 43.6 Å². The minimum atomic E-state index is -0.650. The summed E-state index contributed by atoms with van der Waals surface area (Å²) in [5.41, 5.74) is 3.65. The highest BCUT2D eigenvalue weighted by atomic mass is 16.4. The number of carboxylic acid groups (broad SMARTS) is 1. The van der Waals surface area contributed by atoms with Crippen LogP contribution in [0.2, 0.25) is 0 Å². The molecule has 1 saturated heterocycles. The van der Waals surface area contributed by atoms with Gasteiger partial charge in [-0.1, -0.05) is 53.2 Å². The average Bonchev–Trinajstić information content (AvgIpc) is 3.45. The second kappa shape index (κ2) is 12.0. The van der Waals surface area contributed by atoms with Crippen molar-refractivity contribution in [2.24, 2.45) is 51.2 Å². The van der Waals surface area contributed by atoms with Crippen LogP contribution >= 0.6 is 0 Å². The van der Waals surface area contributed by atoms with Crippen molar-refractivity contribution in [3.8, 4) is 0 Å². The van der Waals surface area contributed by atoms with Crippen LogP contribution < -0.4 is 5.32 Å². The second-order valence-corrected chi connectivity index (χ2v) is 19.3. The first kappa shape index (κ1) is 34.8. The number of allylic oxidation sites excluding steroid dienone is 4. The van der Waals surface area contributed by atoms with Gasteiger partial charge in [-0.25, -0.2) is 0 Å². The molecule has 4 saturated carbocycles. The second-order valence-electron chi connectivity index (χ2n) is 19.3. The Hall–Kier alpha value is -1.66. The van der Waals surface area contributed by atoms with Crippen molar-refractivity contribution in [2.75, 3.05) is 19.6 Å². The largest absolute Gasteiger partial charge is 0.481 e. The maximum Gasteiger partial charge on any atom is 0.306 e. The third-order valence-electron chi connectivity index (χ3n) is 17.3. The lowest BCUT2D eigenvalue weighted by atomic mass is 9.33. The predicted molar refractivity (Wildman–Crippen MR) is 191 cm³/mol. The number of hydrogen-bond acceptors (Lipinski definition) is 4. The molecular weight excluding hydrogens is 596 g/mol. The Bertz CT molecular complexity index is 1360. The van der Waals surface area contributed by atoms with Gasteiger partial charge in [-0.15, -0.1) is 0 Å². The number of fused-ring (bicyclic) bond motifs is 7. The van der Waals surface area contributed by atoms with Crippen LogP contribution in [0.25, 0.3) is 0 Å². The van der Waals surface area contributed by atoms with Gasteiger partial charge < -0.3 is 20.4 Å². The van der Waals surface area contributed by atoms with Crippen molar-refractivity contribution in [2.45, 2.75) is 155 Å². The first-order valence-corrected chi connectivity index (χ1v) is 19.9. The number of carbonyl (C=O) groups excluding carboxylic acids is 1. The van der Waals surface area contributed by atoms with Crippen LogP contribution in [0.5, 0.6) is 0 Å². The molecule has 1 aliphatic heterocycles. The monoisotopic (exact) mass is 663 g/mol. The van der Waals surface area contributed by atoms with Gasteiger partial charge in [-0.05, 0) is 159 Å². The lowest BCUT2D eigenvalue weighted by Gasteiger charge is -2.72. The number of likely N-dealkylation sites (tertiary alicyclic amines) is 1. The first-order valence-electron chi connectivity index (χ1n) is 19.9. The van der Waals surface area contributed by atoms with Crippen LogP contribution in [0, 0.1) is 51.2 Å². The molecule has 6 nitrogen and oxygen atoms in total. The average molecular weight is 663 g/mol. The first-order chi connectivity index (χ1) is 22.6. The summed E-state index contributed by atoms with van der Waals surface area (Å²) in [6.07, 6.45) is 22.5. The lowest BCUT2D eigenvalue weighted by molar-refractivity contribution is -0.218. The van der Waals surface area contributed by atoms with E-state index in [2.05, 4.69) is 52.1 Å². The van der Waals surface area contributed by atoms with E-state index in [-0.39, 0.29) is 22.8 Å². The van der Waals surface area contributed by atoms with Gasteiger partial charge in [0, 0.05) is 25.6 Å². The standard InChI is InChI=1S/C42H66N2O4/c1-28(45)44-26-23-41(48,24-27-44)22-25-43-42-17-7-8-33(42)32-13-14-35-38(4)18-15-31(29-9-11-30(12-10-29)36(46)47)37(2,3)34(38)16-19-40(35,6)39(32,5)20-21-42/h9,15,30,32-35,43,48H,7-8,10-14,16-27H2,1-6H3,(H,46,47)/t30?,32?,33?,34?,35?,38?,39-,40?,42?/m1/s1. The normalized spacial score (nSPS) is 44.7. The molecule has 6 heteroatoms. The van der Waals surface area contributed by atoms with Gasteiger partial charge in [-0.2, -0.15) is 0 Å². The molecule has 268 valence electrons.